The van der Waals surface area contributed by atoms with Gasteiger partial charge in [0.25, 0.3) is 0 Å². The van der Waals surface area contributed by atoms with Gasteiger partial charge in [0.05, 0.1) is 30.9 Å². The molecule has 0 aromatic heterocycles. The van der Waals surface area contributed by atoms with Crippen LogP contribution in [0, 0.1) is 0 Å². The van der Waals surface area contributed by atoms with E-state index in [1.807, 2.05) is 35.2 Å². The number of amidine groups is 1. The van der Waals surface area contributed by atoms with Crippen LogP contribution >= 0.6 is 11.8 Å². The molecule has 2 aromatic carbocycles. The second kappa shape index (κ2) is 8.89. The van der Waals surface area contributed by atoms with Crippen LogP contribution in [0.2, 0.25) is 0 Å². The first-order valence-corrected chi connectivity index (χ1v) is 9.80. The molecule has 0 atom stereocenters. The van der Waals surface area contributed by atoms with Crippen LogP contribution in [-0.4, -0.2) is 73.2 Å². The Bertz CT molecular complexity index is 960. The number of piperazine rings is 1. The Morgan fingerprint density at radius 1 is 1.04 bits per heavy atom. The fourth-order valence-corrected chi connectivity index (χ4v) is 4.27. The van der Waals surface area contributed by atoms with Crippen LogP contribution < -0.4 is 0 Å². The third kappa shape index (κ3) is 4.35. The summed E-state index contributed by atoms with van der Waals surface area (Å²) in [6.45, 7) is -2.64. The lowest BCUT2D eigenvalue weighted by atomic mass is 10.1. The molecule has 0 amide bonds. The Hall–Kier alpha value is -1.86. The van der Waals surface area contributed by atoms with E-state index in [2.05, 4.69) is 23.1 Å². The minimum atomic E-state index is -2.55. The zero-order valence-electron chi connectivity index (χ0n) is 19.0. The van der Waals surface area contributed by atoms with Crippen LogP contribution in [0.3, 0.4) is 0 Å². The Balaban J connectivity index is 1.46. The van der Waals surface area contributed by atoms with Crippen molar-refractivity contribution in [2.24, 2.45) is 4.99 Å². The number of rotatable bonds is 5. The van der Waals surface area contributed by atoms with Gasteiger partial charge in [-0.1, -0.05) is 42.1 Å². The highest BCUT2D eigenvalue weighted by Gasteiger charge is 2.24. The number of ether oxygens (including phenoxy) is 1. The standard InChI is InChI=1S/C21H25N3O2S/c25-14-16-26-15-13-23-9-11-24(12-10-23)21-17-5-1-3-7-19(17)27-20-8-4-2-6-18(20)22-21/h1-8,25H,9-16H2/i14D2,15D2. The van der Waals surface area contributed by atoms with Gasteiger partial charge in [-0.2, -0.15) is 0 Å². The molecule has 0 saturated carbocycles. The quantitative estimate of drug-likeness (QED) is 0.855. The van der Waals surface area contributed by atoms with Crippen LogP contribution in [0.1, 0.15) is 11.0 Å². The van der Waals surface area contributed by atoms with Crippen molar-refractivity contribution in [2.45, 2.75) is 9.79 Å². The normalized spacial score (nSPS) is 20.3. The molecule has 4 rings (SSSR count). The molecule has 5 nitrogen and oxygen atoms in total. The van der Waals surface area contributed by atoms with Crippen molar-refractivity contribution < 1.29 is 15.3 Å². The Morgan fingerprint density at radius 2 is 1.78 bits per heavy atom. The fraction of sp³-hybridized carbons (Fsp3) is 0.381. The van der Waals surface area contributed by atoms with Gasteiger partial charge in [-0.25, -0.2) is 4.99 Å². The first-order chi connectivity index (χ1) is 14.7. The minimum absolute atomic E-state index is 0.0126. The molecule has 1 N–H and O–H groups in total. The summed E-state index contributed by atoms with van der Waals surface area (Å²) < 4.78 is 35.1. The summed E-state index contributed by atoms with van der Waals surface area (Å²) in [6.07, 6.45) is 0. The lowest BCUT2D eigenvalue weighted by Crippen LogP contribution is -2.49. The average Bonchev–Trinajstić information content (AvgIpc) is 2.89. The van der Waals surface area contributed by atoms with Crippen molar-refractivity contribution in [3.05, 3.63) is 54.1 Å². The Kier molecular flexibility index (Phi) is 4.67. The van der Waals surface area contributed by atoms with E-state index in [-0.39, 0.29) is 6.54 Å². The van der Waals surface area contributed by atoms with E-state index < -0.39 is 19.7 Å². The number of aliphatic imine (C=N–C) groups is 1. The van der Waals surface area contributed by atoms with E-state index in [0.717, 1.165) is 26.9 Å². The summed E-state index contributed by atoms with van der Waals surface area (Å²) in [5.41, 5.74) is 2.05. The van der Waals surface area contributed by atoms with Crippen molar-refractivity contribution in [1.82, 2.24) is 9.80 Å². The van der Waals surface area contributed by atoms with Crippen molar-refractivity contribution in [3.63, 3.8) is 0 Å². The number of aliphatic hydroxyl groups is 1. The number of benzene rings is 2. The van der Waals surface area contributed by atoms with Crippen LogP contribution in [0.5, 0.6) is 0 Å². The van der Waals surface area contributed by atoms with Crippen molar-refractivity contribution in [2.75, 3.05) is 52.4 Å². The van der Waals surface area contributed by atoms with E-state index in [1.54, 1.807) is 11.8 Å². The molecule has 0 radical (unpaired) electrons. The first-order valence-electron chi connectivity index (χ1n) is 11.0. The van der Waals surface area contributed by atoms with E-state index >= 15 is 0 Å². The molecule has 2 aliphatic rings. The first kappa shape index (κ1) is 14.2. The highest BCUT2D eigenvalue weighted by atomic mass is 32.2. The second-order valence-corrected chi connectivity index (χ2v) is 7.44. The van der Waals surface area contributed by atoms with Gasteiger partial charge in [-0.3, -0.25) is 4.90 Å². The van der Waals surface area contributed by atoms with Crippen molar-refractivity contribution in [1.29, 1.82) is 0 Å². The Morgan fingerprint density at radius 3 is 2.59 bits per heavy atom. The number of fused-ring (bicyclic) bond motifs is 2. The molecule has 2 heterocycles. The SMILES string of the molecule is [2H]C([2H])(O)COC([2H])([2H])CN1CCN(C2=Nc3ccccc3Sc3ccccc32)CC1. The molecular weight excluding hydrogens is 358 g/mol. The summed E-state index contributed by atoms with van der Waals surface area (Å²) >= 11 is 1.72. The maximum Gasteiger partial charge on any atom is 0.137 e. The zero-order chi connectivity index (χ0) is 22.1. The predicted octanol–water partition coefficient (Wildman–Crippen LogP) is 2.86. The topological polar surface area (TPSA) is 48.3 Å². The van der Waals surface area contributed by atoms with Crippen molar-refractivity contribution >= 4 is 23.3 Å². The van der Waals surface area contributed by atoms with E-state index in [9.17, 15) is 0 Å². The molecule has 142 valence electrons. The highest BCUT2D eigenvalue weighted by molar-refractivity contribution is 7.99. The summed E-state index contributed by atoms with van der Waals surface area (Å²) in [5.74, 6) is 0.931. The van der Waals surface area contributed by atoms with Gasteiger partial charge in [-0.15, -0.1) is 0 Å². The predicted molar refractivity (Wildman–Crippen MR) is 109 cm³/mol. The molecular formula is C21H25N3O2S. The number of hydrogen-bond acceptors (Lipinski definition) is 6. The number of nitrogens with zero attached hydrogens (tertiary/aromatic N) is 3. The molecule has 2 aromatic rings. The van der Waals surface area contributed by atoms with Gasteiger partial charge in [0.2, 0.25) is 0 Å². The molecule has 27 heavy (non-hydrogen) atoms. The lowest BCUT2D eigenvalue weighted by Gasteiger charge is -2.36. The van der Waals surface area contributed by atoms with Crippen LogP contribution in [0.25, 0.3) is 0 Å². The minimum Gasteiger partial charge on any atom is -0.394 e. The third-order valence-corrected chi connectivity index (χ3v) is 5.78. The lowest BCUT2D eigenvalue weighted by molar-refractivity contribution is 0.0652. The van der Waals surface area contributed by atoms with Crippen molar-refractivity contribution in [3.8, 4) is 0 Å². The molecule has 1 fully saturated rings. The van der Waals surface area contributed by atoms with Gasteiger partial charge >= 0.3 is 0 Å². The molecule has 0 bridgehead atoms. The molecule has 0 spiro atoms. The molecule has 0 aliphatic carbocycles. The number of hydrogen-bond donors (Lipinski definition) is 1. The Labute approximate surface area is 170 Å². The van der Waals surface area contributed by atoms with Gasteiger partial charge in [0.1, 0.15) is 5.84 Å². The maximum atomic E-state index is 9.15. The van der Waals surface area contributed by atoms with Crippen LogP contribution in [0.4, 0.5) is 5.69 Å². The van der Waals surface area contributed by atoms with Crippen LogP contribution in [0.15, 0.2) is 63.3 Å². The second-order valence-electron chi connectivity index (χ2n) is 6.36. The fourth-order valence-electron chi connectivity index (χ4n) is 3.25. The third-order valence-electron chi connectivity index (χ3n) is 4.64. The van der Waals surface area contributed by atoms with Gasteiger partial charge < -0.3 is 14.7 Å². The van der Waals surface area contributed by atoms with Gasteiger partial charge in [0, 0.05) is 48.1 Å². The summed E-state index contributed by atoms with van der Waals surface area (Å²) in [7, 11) is 0. The number of para-hydroxylation sites is 1. The van der Waals surface area contributed by atoms with E-state index in [4.69, 9.17) is 20.3 Å². The molecule has 6 heteroatoms. The molecule has 0 unspecified atom stereocenters. The average molecular weight is 388 g/mol. The smallest absolute Gasteiger partial charge is 0.137 e. The zero-order valence-corrected chi connectivity index (χ0v) is 15.8. The summed E-state index contributed by atoms with van der Waals surface area (Å²) in [6, 6.07) is 16.4. The monoisotopic (exact) mass is 387 g/mol. The summed E-state index contributed by atoms with van der Waals surface area (Å²) in [5, 5.41) is 9.15. The highest BCUT2D eigenvalue weighted by Crippen LogP contribution is 2.40. The van der Waals surface area contributed by atoms with E-state index in [1.165, 1.54) is 0 Å². The van der Waals surface area contributed by atoms with E-state index in [0.29, 0.717) is 26.2 Å². The maximum absolute atomic E-state index is 9.15. The molecule has 2 aliphatic heterocycles. The van der Waals surface area contributed by atoms with Gasteiger partial charge in [-0.05, 0) is 18.2 Å². The molecule has 1 saturated heterocycles. The largest absolute Gasteiger partial charge is 0.394 e. The summed E-state index contributed by atoms with van der Waals surface area (Å²) in [4.78, 5) is 11.5. The van der Waals surface area contributed by atoms with Crippen LogP contribution in [-0.2, 0) is 4.74 Å². The van der Waals surface area contributed by atoms with Gasteiger partial charge in [0.15, 0.2) is 0 Å².